The number of hydrogen-bond donors (Lipinski definition) is 2. The summed E-state index contributed by atoms with van der Waals surface area (Å²) < 4.78 is 1.43. The van der Waals surface area contributed by atoms with E-state index in [0.29, 0.717) is 30.3 Å². The number of anilines is 3. The van der Waals surface area contributed by atoms with Crippen molar-refractivity contribution >= 4 is 29.1 Å². The number of carbonyl (C=O) groups is 2. The number of rotatable bonds is 6. The number of nitrogens with one attached hydrogen (secondary N) is 1. The molecule has 3 heterocycles. The summed E-state index contributed by atoms with van der Waals surface area (Å²) in [6.07, 6.45) is 5.71. The molecule has 2 aliphatic rings. The lowest BCUT2D eigenvalue weighted by Crippen LogP contribution is -2.35. The van der Waals surface area contributed by atoms with Gasteiger partial charge in [0.25, 0.3) is 0 Å². The SMILES string of the molecule is N#C[C@@]1(C2CC2)CCN(c2ccnc(Nc3ccn(CC(N)=O)n3)c2)C1=O. The van der Waals surface area contributed by atoms with Crippen LogP contribution in [0.15, 0.2) is 30.6 Å². The molecule has 0 radical (unpaired) electrons. The molecule has 0 unspecified atom stereocenters. The fraction of sp³-hybridized carbons (Fsp3) is 0.389. The zero-order valence-corrected chi connectivity index (χ0v) is 14.6. The molecule has 9 heteroatoms. The molecule has 27 heavy (non-hydrogen) atoms. The average molecular weight is 365 g/mol. The molecule has 4 rings (SSSR count). The minimum absolute atomic E-state index is 0.00512. The van der Waals surface area contributed by atoms with Gasteiger partial charge in [-0.15, -0.1) is 0 Å². The van der Waals surface area contributed by atoms with Gasteiger partial charge in [-0.25, -0.2) is 4.98 Å². The summed E-state index contributed by atoms with van der Waals surface area (Å²) in [5, 5.41) is 16.9. The number of amides is 2. The van der Waals surface area contributed by atoms with Crippen LogP contribution in [0.25, 0.3) is 0 Å². The van der Waals surface area contributed by atoms with Crippen LogP contribution < -0.4 is 16.0 Å². The Kier molecular flexibility index (Phi) is 4.03. The van der Waals surface area contributed by atoms with E-state index in [4.69, 9.17) is 5.73 Å². The molecule has 0 bridgehead atoms. The Morgan fingerprint density at radius 2 is 2.22 bits per heavy atom. The molecule has 2 aromatic heterocycles. The quantitative estimate of drug-likeness (QED) is 0.790. The van der Waals surface area contributed by atoms with Crippen molar-refractivity contribution in [2.75, 3.05) is 16.8 Å². The van der Waals surface area contributed by atoms with Crippen LogP contribution in [-0.2, 0) is 16.1 Å². The van der Waals surface area contributed by atoms with Gasteiger partial charge in [-0.05, 0) is 31.2 Å². The lowest BCUT2D eigenvalue weighted by atomic mass is 9.83. The third-order valence-corrected chi connectivity index (χ3v) is 5.10. The van der Waals surface area contributed by atoms with Gasteiger partial charge in [-0.3, -0.25) is 14.3 Å². The number of pyridine rings is 1. The Morgan fingerprint density at radius 1 is 1.41 bits per heavy atom. The molecule has 2 aromatic rings. The van der Waals surface area contributed by atoms with E-state index in [1.54, 1.807) is 35.5 Å². The largest absolute Gasteiger partial charge is 0.368 e. The normalized spacial score (nSPS) is 21.9. The van der Waals surface area contributed by atoms with Crippen molar-refractivity contribution < 1.29 is 9.59 Å². The first kappa shape index (κ1) is 17.0. The second-order valence-electron chi connectivity index (χ2n) is 6.95. The van der Waals surface area contributed by atoms with Gasteiger partial charge in [-0.1, -0.05) is 0 Å². The summed E-state index contributed by atoms with van der Waals surface area (Å²) in [5.74, 6) is 0.626. The summed E-state index contributed by atoms with van der Waals surface area (Å²) >= 11 is 0. The van der Waals surface area contributed by atoms with Crippen molar-refractivity contribution in [3.8, 4) is 6.07 Å². The van der Waals surface area contributed by atoms with Gasteiger partial charge in [0.05, 0.1) is 6.07 Å². The molecule has 0 spiro atoms. The van der Waals surface area contributed by atoms with Crippen LogP contribution in [0.2, 0.25) is 0 Å². The smallest absolute Gasteiger partial charge is 0.247 e. The number of hydrogen-bond acceptors (Lipinski definition) is 6. The minimum atomic E-state index is -0.871. The first-order valence-electron chi connectivity index (χ1n) is 8.80. The number of primary amides is 1. The fourth-order valence-corrected chi connectivity index (χ4v) is 3.60. The van der Waals surface area contributed by atoms with E-state index in [-0.39, 0.29) is 18.4 Å². The second-order valence-corrected chi connectivity index (χ2v) is 6.95. The van der Waals surface area contributed by atoms with Crippen molar-refractivity contribution in [1.29, 1.82) is 5.26 Å². The Hall–Kier alpha value is -3.41. The molecule has 3 N–H and O–H groups in total. The molecule has 2 fully saturated rings. The van der Waals surface area contributed by atoms with Gasteiger partial charge in [0.1, 0.15) is 17.8 Å². The fourth-order valence-electron chi connectivity index (χ4n) is 3.60. The summed E-state index contributed by atoms with van der Waals surface area (Å²) in [6, 6.07) is 7.50. The maximum absolute atomic E-state index is 12.9. The second kappa shape index (κ2) is 6.39. The highest BCUT2D eigenvalue weighted by Gasteiger charge is 2.56. The predicted octanol–water partition coefficient (Wildman–Crippen LogP) is 1.16. The molecule has 0 aromatic carbocycles. The molecule has 1 aliphatic carbocycles. The van der Waals surface area contributed by atoms with Crippen molar-refractivity contribution in [2.45, 2.75) is 25.8 Å². The van der Waals surface area contributed by atoms with E-state index in [2.05, 4.69) is 21.5 Å². The average Bonchev–Trinajstić information content (AvgIpc) is 3.32. The highest BCUT2D eigenvalue weighted by Crippen LogP contribution is 2.51. The Labute approximate surface area is 155 Å². The zero-order valence-electron chi connectivity index (χ0n) is 14.6. The van der Waals surface area contributed by atoms with E-state index in [0.717, 1.165) is 12.8 Å². The van der Waals surface area contributed by atoms with Crippen molar-refractivity contribution in [1.82, 2.24) is 14.8 Å². The topological polar surface area (TPSA) is 130 Å². The maximum Gasteiger partial charge on any atom is 0.247 e. The Balaban J connectivity index is 1.51. The number of nitrogens with two attached hydrogens (primary N) is 1. The van der Waals surface area contributed by atoms with E-state index in [1.165, 1.54) is 4.68 Å². The third kappa shape index (κ3) is 3.10. The monoisotopic (exact) mass is 365 g/mol. The number of nitrogens with zero attached hydrogens (tertiary/aromatic N) is 5. The lowest BCUT2D eigenvalue weighted by Gasteiger charge is -2.21. The molecule has 1 saturated carbocycles. The minimum Gasteiger partial charge on any atom is -0.368 e. The number of aromatic nitrogens is 3. The van der Waals surface area contributed by atoms with Gasteiger partial charge in [0.15, 0.2) is 5.82 Å². The molecule has 1 saturated heterocycles. The Bertz CT molecular complexity index is 943. The lowest BCUT2D eigenvalue weighted by molar-refractivity contribution is -0.124. The Morgan fingerprint density at radius 3 is 2.93 bits per heavy atom. The molecule has 1 aliphatic heterocycles. The van der Waals surface area contributed by atoms with Crippen LogP contribution in [0.5, 0.6) is 0 Å². The van der Waals surface area contributed by atoms with Crippen LogP contribution in [0.3, 0.4) is 0 Å². The summed E-state index contributed by atoms with van der Waals surface area (Å²) in [5.41, 5.74) is 4.99. The van der Waals surface area contributed by atoms with E-state index in [1.807, 2.05) is 0 Å². The van der Waals surface area contributed by atoms with Crippen LogP contribution in [-0.4, -0.2) is 33.1 Å². The van der Waals surface area contributed by atoms with Gasteiger partial charge in [-0.2, -0.15) is 10.4 Å². The highest BCUT2D eigenvalue weighted by molar-refractivity contribution is 6.02. The number of nitriles is 1. The summed E-state index contributed by atoms with van der Waals surface area (Å²) in [4.78, 5) is 29.8. The van der Waals surface area contributed by atoms with Gasteiger partial charge in [0, 0.05) is 36.8 Å². The standard InChI is InChI=1S/C18H19N7O2/c19-11-18(12-1-2-12)5-8-25(17(18)27)13-3-6-21-16(9-13)22-15-4-7-24(23-15)10-14(20)26/h3-4,6-7,9,12H,1-2,5,8,10H2,(H2,20,26)(H,21,22,23)/t18-/m1/s1. The van der Waals surface area contributed by atoms with Crippen LogP contribution in [0.1, 0.15) is 19.3 Å². The third-order valence-electron chi connectivity index (χ3n) is 5.10. The highest BCUT2D eigenvalue weighted by atomic mass is 16.2. The molecule has 138 valence electrons. The first-order valence-corrected chi connectivity index (χ1v) is 8.80. The van der Waals surface area contributed by atoms with Crippen LogP contribution in [0.4, 0.5) is 17.3 Å². The van der Waals surface area contributed by atoms with Crippen molar-refractivity contribution in [3.05, 3.63) is 30.6 Å². The maximum atomic E-state index is 12.9. The van der Waals surface area contributed by atoms with Gasteiger partial charge >= 0.3 is 0 Å². The van der Waals surface area contributed by atoms with Crippen LogP contribution >= 0.6 is 0 Å². The first-order chi connectivity index (χ1) is 13.0. The molecular formula is C18H19N7O2. The molecule has 2 amide bonds. The molecule has 1 atom stereocenters. The summed E-state index contributed by atoms with van der Waals surface area (Å²) in [7, 11) is 0. The molecule has 9 nitrogen and oxygen atoms in total. The van der Waals surface area contributed by atoms with E-state index >= 15 is 0 Å². The van der Waals surface area contributed by atoms with Crippen molar-refractivity contribution in [2.24, 2.45) is 17.1 Å². The molecular weight excluding hydrogens is 346 g/mol. The number of carbonyl (C=O) groups excluding carboxylic acids is 2. The summed E-state index contributed by atoms with van der Waals surface area (Å²) in [6.45, 7) is 0.522. The van der Waals surface area contributed by atoms with Crippen LogP contribution in [0, 0.1) is 22.7 Å². The van der Waals surface area contributed by atoms with Crippen molar-refractivity contribution in [3.63, 3.8) is 0 Å². The van der Waals surface area contributed by atoms with E-state index in [9.17, 15) is 14.9 Å². The zero-order chi connectivity index (χ0) is 19.0. The van der Waals surface area contributed by atoms with Gasteiger partial charge < -0.3 is 16.0 Å². The van der Waals surface area contributed by atoms with E-state index < -0.39 is 11.3 Å². The predicted molar refractivity (Wildman–Crippen MR) is 96.7 cm³/mol. The van der Waals surface area contributed by atoms with Gasteiger partial charge in [0.2, 0.25) is 11.8 Å².